The van der Waals surface area contributed by atoms with E-state index in [1.807, 2.05) is 20.8 Å². The van der Waals surface area contributed by atoms with E-state index < -0.39 is 11.6 Å². The summed E-state index contributed by atoms with van der Waals surface area (Å²) in [5, 5.41) is 21.5. The van der Waals surface area contributed by atoms with Gasteiger partial charge in [0.1, 0.15) is 0 Å². The summed E-state index contributed by atoms with van der Waals surface area (Å²) in [7, 11) is 0. The molecule has 1 aromatic rings. The minimum Gasteiger partial charge on any atom is -0.396 e. The predicted octanol–water partition coefficient (Wildman–Crippen LogP) is 3.10. The number of β-amino-alcohol motifs (C(OH)–C–C–N with tert-alkyl or cyclic N) is 1. The molecule has 18 heavy (non-hydrogen) atoms. The molecule has 0 heterocycles. The average molecular weight is 293 g/mol. The second-order valence-corrected chi connectivity index (χ2v) is 5.98. The Morgan fingerprint density at radius 3 is 2.11 bits per heavy atom. The van der Waals surface area contributed by atoms with Crippen molar-refractivity contribution in [3.8, 4) is 0 Å². The van der Waals surface area contributed by atoms with Crippen LogP contribution in [0.25, 0.3) is 0 Å². The van der Waals surface area contributed by atoms with Gasteiger partial charge in [-0.05, 0) is 38.5 Å². The van der Waals surface area contributed by atoms with Crippen LogP contribution in [0.2, 0.25) is 10.0 Å². The highest BCUT2D eigenvalue weighted by atomic mass is 35.5. The molecule has 0 aromatic heterocycles. The van der Waals surface area contributed by atoms with Gasteiger partial charge in [0.25, 0.3) is 0 Å². The molecular formula is C12H18Cl2N2O2. The van der Waals surface area contributed by atoms with E-state index in [9.17, 15) is 10.3 Å². The number of halogens is 2. The molecule has 0 saturated heterocycles. The zero-order valence-corrected chi connectivity index (χ0v) is 12.1. The number of rotatable bonds is 3. The second kappa shape index (κ2) is 5.63. The van der Waals surface area contributed by atoms with Gasteiger partial charge >= 0.3 is 0 Å². The summed E-state index contributed by atoms with van der Waals surface area (Å²) in [6.07, 6.45) is -0.898. The highest BCUT2D eigenvalue weighted by Gasteiger charge is 2.23. The Morgan fingerprint density at radius 2 is 1.72 bits per heavy atom. The molecule has 0 spiro atoms. The minimum absolute atomic E-state index is 0.0556. The summed E-state index contributed by atoms with van der Waals surface area (Å²) in [6.45, 7) is 5.56. The molecule has 0 aliphatic rings. The number of aliphatic hydroxyl groups excluding tert-OH is 1. The summed E-state index contributed by atoms with van der Waals surface area (Å²) in [5.41, 5.74) is 5.96. The lowest BCUT2D eigenvalue weighted by atomic mass is 10.1. The first-order valence-corrected chi connectivity index (χ1v) is 6.27. The smallest absolute Gasteiger partial charge is 0.0941 e. The van der Waals surface area contributed by atoms with E-state index in [1.54, 1.807) is 12.1 Å². The third-order valence-electron chi connectivity index (χ3n) is 2.61. The molecule has 0 radical (unpaired) electrons. The van der Waals surface area contributed by atoms with Crippen molar-refractivity contribution in [1.82, 2.24) is 5.06 Å². The van der Waals surface area contributed by atoms with Gasteiger partial charge in [-0.15, -0.1) is 0 Å². The Bertz CT molecular complexity index is 410. The lowest BCUT2D eigenvalue weighted by Crippen LogP contribution is -2.41. The van der Waals surface area contributed by atoms with Gasteiger partial charge in [0.05, 0.1) is 28.4 Å². The molecule has 1 rings (SSSR count). The summed E-state index contributed by atoms with van der Waals surface area (Å²) < 4.78 is 0. The van der Waals surface area contributed by atoms with Crippen LogP contribution in [0.4, 0.5) is 5.69 Å². The first-order valence-electron chi connectivity index (χ1n) is 5.52. The van der Waals surface area contributed by atoms with Gasteiger partial charge in [-0.2, -0.15) is 5.06 Å². The van der Waals surface area contributed by atoms with Gasteiger partial charge in [-0.3, -0.25) is 0 Å². The highest BCUT2D eigenvalue weighted by molar-refractivity contribution is 6.38. The lowest BCUT2D eigenvalue weighted by Gasteiger charge is -2.31. The zero-order valence-electron chi connectivity index (χ0n) is 10.6. The van der Waals surface area contributed by atoms with Crippen molar-refractivity contribution in [3.63, 3.8) is 0 Å². The average Bonchev–Trinajstić information content (AvgIpc) is 2.23. The standard InChI is InChI=1S/C12H18Cl2N2O2/c1-12(2,3)16(18)6-10(17)7-4-8(13)11(15)9(14)5-7/h4-5,10,17-18H,6,15H2,1-3H3. The maximum Gasteiger partial charge on any atom is 0.0941 e. The van der Waals surface area contributed by atoms with Gasteiger partial charge in [0.15, 0.2) is 0 Å². The molecule has 0 aliphatic heterocycles. The summed E-state index contributed by atoms with van der Waals surface area (Å²) in [6, 6.07) is 3.09. The minimum atomic E-state index is -0.898. The van der Waals surface area contributed by atoms with Gasteiger partial charge < -0.3 is 16.0 Å². The van der Waals surface area contributed by atoms with E-state index in [-0.39, 0.29) is 22.3 Å². The van der Waals surface area contributed by atoms with Crippen molar-refractivity contribution < 1.29 is 10.3 Å². The van der Waals surface area contributed by atoms with E-state index in [2.05, 4.69) is 0 Å². The van der Waals surface area contributed by atoms with Gasteiger partial charge in [0, 0.05) is 5.54 Å². The monoisotopic (exact) mass is 292 g/mol. The fraction of sp³-hybridized carbons (Fsp3) is 0.500. The van der Waals surface area contributed by atoms with Crippen LogP contribution in [-0.2, 0) is 0 Å². The first-order chi connectivity index (χ1) is 8.12. The van der Waals surface area contributed by atoms with E-state index in [4.69, 9.17) is 28.9 Å². The second-order valence-electron chi connectivity index (χ2n) is 5.17. The molecule has 4 nitrogen and oxygen atoms in total. The van der Waals surface area contributed by atoms with Crippen LogP contribution in [0.3, 0.4) is 0 Å². The van der Waals surface area contributed by atoms with Crippen molar-refractivity contribution in [3.05, 3.63) is 27.7 Å². The van der Waals surface area contributed by atoms with Crippen LogP contribution in [-0.4, -0.2) is 27.5 Å². The van der Waals surface area contributed by atoms with E-state index in [1.165, 1.54) is 0 Å². The molecule has 0 bridgehead atoms. The molecule has 1 unspecified atom stereocenters. The fourth-order valence-electron chi connectivity index (χ4n) is 1.34. The molecule has 1 aromatic carbocycles. The Morgan fingerprint density at radius 1 is 1.28 bits per heavy atom. The molecule has 0 saturated carbocycles. The molecule has 0 fully saturated rings. The van der Waals surface area contributed by atoms with Crippen molar-refractivity contribution >= 4 is 28.9 Å². The third-order valence-corrected chi connectivity index (χ3v) is 3.23. The van der Waals surface area contributed by atoms with Crippen molar-refractivity contribution in [1.29, 1.82) is 0 Å². The topological polar surface area (TPSA) is 69.7 Å². The molecule has 0 amide bonds. The van der Waals surface area contributed by atoms with Gasteiger partial charge in [-0.1, -0.05) is 23.2 Å². The fourth-order valence-corrected chi connectivity index (χ4v) is 1.84. The van der Waals surface area contributed by atoms with Gasteiger partial charge in [0.2, 0.25) is 0 Å². The Balaban J connectivity index is 2.88. The molecule has 1 atom stereocenters. The largest absolute Gasteiger partial charge is 0.396 e. The molecule has 4 N–H and O–H groups in total. The van der Waals surface area contributed by atoms with Crippen molar-refractivity contribution in [2.45, 2.75) is 32.4 Å². The number of hydrogen-bond donors (Lipinski definition) is 3. The Hall–Kier alpha value is -0.520. The van der Waals surface area contributed by atoms with E-state index >= 15 is 0 Å². The van der Waals surface area contributed by atoms with E-state index in [0.717, 1.165) is 5.06 Å². The van der Waals surface area contributed by atoms with Crippen LogP contribution in [0.1, 0.15) is 32.4 Å². The van der Waals surface area contributed by atoms with Gasteiger partial charge in [-0.25, -0.2) is 0 Å². The number of nitrogen functional groups attached to an aromatic ring is 1. The zero-order chi connectivity index (χ0) is 14.1. The number of nitrogens with zero attached hydrogens (tertiary/aromatic N) is 1. The van der Waals surface area contributed by atoms with Crippen molar-refractivity contribution in [2.75, 3.05) is 12.3 Å². The maximum absolute atomic E-state index is 10.0. The number of hydroxylamine groups is 2. The molecule has 102 valence electrons. The predicted molar refractivity (Wildman–Crippen MR) is 74.1 cm³/mol. The third kappa shape index (κ3) is 3.73. The van der Waals surface area contributed by atoms with Crippen LogP contribution < -0.4 is 5.73 Å². The van der Waals surface area contributed by atoms with Crippen LogP contribution in [0, 0.1) is 0 Å². The molecule has 0 aliphatic carbocycles. The first kappa shape index (κ1) is 15.5. The highest BCUT2D eigenvalue weighted by Crippen LogP contribution is 2.31. The van der Waals surface area contributed by atoms with Crippen LogP contribution >= 0.6 is 23.2 Å². The number of anilines is 1. The summed E-state index contributed by atoms with van der Waals surface area (Å²) in [5.74, 6) is 0. The van der Waals surface area contributed by atoms with Crippen molar-refractivity contribution in [2.24, 2.45) is 0 Å². The number of benzene rings is 1. The maximum atomic E-state index is 10.0. The quantitative estimate of drug-likeness (QED) is 0.591. The van der Waals surface area contributed by atoms with Crippen LogP contribution in [0.15, 0.2) is 12.1 Å². The lowest BCUT2D eigenvalue weighted by molar-refractivity contribution is -0.172. The SMILES string of the molecule is CC(C)(C)N(O)CC(O)c1cc(Cl)c(N)c(Cl)c1. The number of nitrogens with two attached hydrogens (primary N) is 1. The molecular weight excluding hydrogens is 275 g/mol. The molecule has 6 heteroatoms. The normalized spacial score (nSPS) is 14.0. The Labute approximate surface area is 117 Å². The van der Waals surface area contributed by atoms with E-state index in [0.29, 0.717) is 5.56 Å². The number of hydrogen-bond acceptors (Lipinski definition) is 4. The van der Waals surface area contributed by atoms with Crippen LogP contribution in [0.5, 0.6) is 0 Å². The summed E-state index contributed by atoms with van der Waals surface area (Å²) >= 11 is 11.8. The number of aliphatic hydroxyl groups is 1. The summed E-state index contributed by atoms with van der Waals surface area (Å²) in [4.78, 5) is 0. The Kier molecular flexibility index (Phi) is 4.86.